The number of hydrogen-bond acceptors (Lipinski definition) is 6. The summed E-state index contributed by atoms with van der Waals surface area (Å²) in [4.78, 5) is 14.9. The molecule has 122 valence electrons. The predicted molar refractivity (Wildman–Crippen MR) is 97.3 cm³/mol. The van der Waals surface area contributed by atoms with E-state index < -0.39 is 0 Å². The van der Waals surface area contributed by atoms with Crippen molar-refractivity contribution in [3.63, 3.8) is 0 Å². The van der Waals surface area contributed by atoms with Crippen LogP contribution in [0, 0.1) is 6.92 Å². The van der Waals surface area contributed by atoms with Gasteiger partial charge in [-0.1, -0.05) is 36.4 Å². The lowest BCUT2D eigenvalue weighted by molar-refractivity contribution is 0.894. The average molecular weight is 320 g/mol. The minimum atomic E-state index is 0.498. The Kier molecular flexibility index (Phi) is 4.56. The van der Waals surface area contributed by atoms with Crippen LogP contribution in [-0.4, -0.2) is 22.0 Å². The van der Waals surface area contributed by atoms with E-state index in [1.54, 1.807) is 6.20 Å². The molecule has 0 aliphatic rings. The Bertz CT molecular complexity index is 801. The van der Waals surface area contributed by atoms with Crippen LogP contribution in [0.1, 0.15) is 11.1 Å². The zero-order chi connectivity index (χ0) is 16.9. The second kappa shape index (κ2) is 6.95. The Morgan fingerprint density at radius 1 is 1.04 bits per heavy atom. The number of aromatic nitrogens is 3. The summed E-state index contributed by atoms with van der Waals surface area (Å²) in [5, 5.41) is 3.14. The van der Waals surface area contributed by atoms with Crippen LogP contribution in [0.25, 0.3) is 0 Å². The largest absolute Gasteiger partial charge is 0.393 e. The van der Waals surface area contributed by atoms with Crippen LogP contribution < -0.4 is 16.0 Å². The number of nitrogens with zero attached hydrogens (tertiary/aromatic N) is 4. The Hall–Kier alpha value is -3.15. The third-order valence-corrected chi connectivity index (χ3v) is 3.64. The van der Waals surface area contributed by atoms with Crippen LogP contribution in [0.15, 0.2) is 55.0 Å². The minimum Gasteiger partial charge on any atom is -0.393 e. The number of nitrogens with one attached hydrogen (secondary N) is 1. The Balaban J connectivity index is 1.81. The van der Waals surface area contributed by atoms with Gasteiger partial charge in [0.2, 0.25) is 0 Å². The van der Waals surface area contributed by atoms with Crippen LogP contribution >= 0.6 is 0 Å². The topological polar surface area (TPSA) is 80.0 Å². The molecule has 6 nitrogen and oxygen atoms in total. The van der Waals surface area contributed by atoms with E-state index >= 15 is 0 Å². The molecule has 2 aromatic heterocycles. The first kappa shape index (κ1) is 15.7. The second-order valence-corrected chi connectivity index (χ2v) is 5.65. The van der Waals surface area contributed by atoms with Crippen LogP contribution in [0.3, 0.4) is 0 Å². The molecule has 0 aliphatic heterocycles. The summed E-state index contributed by atoms with van der Waals surface area (Å²) in [7, 11) is 1.96. The van der Waals surface area contributed by atoms with E-state index in [0.29, 0.717) is 29.7 Å². The van der Waals surface area contributed by atoms with Gasteiger partial charge in [0.15, 0.2) is 11.6 Å². The van der Waals surface area contributed by atoms with Gasteiger partial charge in [0.05, 0.1) is 0 Å². The zero-order valence-corrected chi connectivity index (χ0v) is 13.8. The molecular weight excluding hydrogens is 300 g/mol. The standard InChI is InChI=1S/C18H20N6/c1-13-8-9-15(20-10-13)23-17-16(19)18(22-12-21-17)24(2)11-14-6-4-3-5-7-14/h3-10,12H,11,19H2,1-2H3,(H,20,21,22,23). The Labute approximate surface area is 141 Å². The first-order valence-corrected chi connectivity index (χ1v) is 7.68. The van der Waals surface area contributed by atoms with E-state index in [1.165, 1.54) is 11.9 Å². The van der Waals surface area contributed by atoms with Gasteiger partial charge in [0.1, 0.15) is 17.8 Å². The van der Waals surface area contributed by atoms with Gasteiger partial charge in [-0.25, -0.2) is 15.0 Å². The number of benzene rings is 1. The van der Waals surface area contributed by atoms with Gasteiger partial charge >= 0.3 is 0 Å². The molecule has 0 fully saturated rings. The highest BCUT2D eigenvalue weighted by Crippen LogP contribution is 2.28. The van der Waals surface area contributed by atoms with Gasteiger partial charge in [-0.2, -0.15) is 0 Å². The normalized spacial score (nSPS) is 10.4. The lowest BCUT2D eigenvalue weighted by Crippen LogP contribution is -2.20. The summed E-state index contributed by atoms with van der Waals surface area (Å²) < 4.78 is 0. The maximum absolute atomic E-state index is 6.26. The summed E-state index contributed by atoms with van der Waals surface area (Å²) in [5.74, 6) is 1.93. The Morgan fingerprint density at radius 3 is 2.54 bits per heavy atom. The molecule has 0 unspecified atom stereocenters. The highest BCUT2D eigenvalue weighted by molar-refractivity contribution is 5.77. The van der Waals surface area contributed by atoms with Gasteiger partial charge in [-0.05, 0) is 24.1 Å². The van der Waals surface area contributed by atoms with Crippen LogP contribution in [-0.2, 0) is 6.54 Å². The van der Waals surface area contributed by atoms with E-state index in [0.717, 1.165) is 5.56 Å². The molecule has 0 bridgehead atoms. The number of nitrogens with two attached hydrogens (primary N) is 1. The fraction of sp³-hybridized carbons (Fsp3) is 0.167. The number of hydrogen-bond donors (Lipinski definition) is 2. The van der Waals surface area contributed by atoms with Gasteiger partial charge in [-0.3, -0.25) is 0 Å². The van der Waals surface area contributed by atoms with Crippen molar-refractivity contribution >= 4 is 23.1 Å². The Morgan fingerprint density at radius 2 is 1.83 bits per heavy atom. The fourth-order valence-corrected chi connectivity index (χ4v) is 2.39. The third kappa shape index (κ3) is 3.60. The van der Waals surface area contributed by atoms with E-state index in [2.05, 4.69) is 32.4 Å². The average Bonchev–Trinajstić information content (AvgIpc) is 2.59. The zero-order valence-electron chi connectivity index (χ0n) is 13.8. The molecule has 0 atom stereocenters. The first-order chi connectivity index (χ1) is 11.6. The summed E-state index contributed by atoms with van der Waals surface area (Å²) >= 11 is 0. The first-order valence-electron chi connectivity index (χ1n) is 7.68. The van der Waals surface area contributed by atoms with Crippen molar-refractivity contribution in [2.45, 2.75) is 13.5 Å². The molecule has 0 saturated heterocycles. The molecule has 6 heteroatoms. The maximum atomic E-state index is 6.26. The minimum absolute atomic E-state index is 0.498. The summed E-state index contributed by atoms with van der Waals surface area (Å²) in [6, 6.07) is 14.1. The molecule has 0 aliphatic carbocycles. The van der Waals surface area contributed by atoms with Crippen LogP contribution in [0.5, 0.6) is 0 Å². The van der Waals surface area contributed by atoms with Crippen molar-refractivity contribution in [2.24, 2.45) is 0 Å². The molecule has 3 N–H and O–H groups in total. The molecule has 3 rings (SSSR count). The van der Waals surface area contributed by atoms with Crippen molar-refractivity contribution in [3.05, 3.63) is 66.1 Å². The van der Waals surface area contributed by atoms with Crippen molar-refractivity contribution in [1.29, 1.82) is 0 Å². The van der Waals surface area contributed by atoms with E-state index in [1.807, 2.05) is 49.2 Å². The third-order valence-electron chi connectivity index (χ3n) is 3.64. The van der Waals surface area contributed by atoms with Crippen LogP contribution in [0.2, 0.25) is 0 Å². The fourth-order valence-electron chi connectivity index (χ4n) is 2.39. The van der Waals surface area contributed by atoms with Gasteiger partial charge < -0.3 is 16.0 Å². The SMILES string of the molecule is Cc1ccc(Nc2ncnc(N(C)Cc3ccccc3)c2N)nc1. The highest BCUT2D eigenvalue weighted by atomic mass is 15.2. The molecule has 1 aromatic carbocycles. The number of aryl methyl sites for hydroxylation is 1. The number of rotatable bonds is 5. The quantitative estimate of drug-likeness (QED) is 0.752. The molecule has 0 spiro atoms. The molecule has 0 amide bonds. The van der Waals surface area contributed by atoms with Crippen LogP contribution in [0.4, 0.5) is 23.1 Å². The number of pyridine rings is 1. The van der Waals surface area contributed by atoms with E-state index in [-0.39, 0.29) is 0 Å². The lowest BCUT2D eigenvalue weighted by atomic mass is 10.2. The molecule has 0 saturated carbocycles. The number of nitrogen functional groups attached to an aromatic ring is 1. The molecule has 24 heavy (non-hydrogen) atoms. The van der Waals surface area contributed by atoms with Crippen molar-refractivity contribution in [2.75, 3.05) is 23.0 Å². The second-order valence-electron chi connectivity index (χ2n) is 5.65. The molecule has 2 heterocycles. The molecule has 0 radical (unpaired) electrons. The van der Waals surface area contributed by atoms with Crippen molar-refractivity contribution < 1.29 is 0 Å². The predicted octanol–water partition coefficient (Wildman–Crippen LogP) is 3.14. The van der Waals surface area contributed by atoms with Gasteiger partial charge in [0.25, 0.3) is 0 Å². The van der Waals surface area contributed by atoms with E-state index in [4.69, 9.17) is 5.73 Å². The summed E-state index contributed by atoms with van der Waals surface area (Å²) in [6.07, 6.45) is 3.30. The highest BCUT2D eigenvalue weighted by Gasteiger charge is 2.13. The molecule has 3 aromatic rings. The number of anilines is 4. The monoisotopic (exact) mass is 320 g/mol. The summed E-state index contributed by atoms with van der Waals surface area (Å²) in [5.41, 5.74) is 9.04. The van der Waals surface area contributed by atoms with Crippen molar-refractivity contribution in [1.82, 2.24) is 15.0 Å². The van der Waals surface area contributed by atoms with Gasteiger partial charge in [0, 0.05) is 19.8 Å². The van der Waals surface area contributed by atoms with E-state index in [9.17, 15) is 0 Å². The van der Waals surface area contributed by atoms with Gasteiger partial charge in [-0.15, -0.1) is 0 Å². The summed E-state index contributed by atoms with van der Waals surface area (Å²) in [6.45, 7) is 2.71. The van der Waals surface area contributed by atoms with Crippen molar-refractivity contribution in [3.8, 4) is 0 Å². The smallest absolute Gasteiger partial charge is 0.160 e. The lowest BCUT2D eigenvalue weighted by Gasteiger charge is -2.21. The maximum Gasteiger partial charge on any atom is 0.160 e. The molecular formula is C18H20N6.